The molecule has 0 aliphatic carbocycles. The molecule has 0 aliphatic heterocycles. The van der Waals surface area contributed by atoms with Gasteiger partial charge in [0.05, 0.1) is 0 Å². The van der Waals surface area contributed by atoms with Crippen molar-refractivity contribution >= 4 is 21.7 Å². The molecule has 0 unspecified atom stereocenters. The molecule has 12 heavy (non-hydrogen) atoms. The van der Waals surface area contributed by atoms with E-state index >= 15 is 0 Å². The number of nitro groups is 1. The fraction of sp³-hybridized carbons (Fsp3) is 0.167. The van der Waals surface area contributed by atoms with Gasteiger partial charge in [0, 0.05) is 6.54 Å². The van der Waals surface area contributed by atoms with Crippen LogP contribution in [0.1, 0.15) is 5.56 Å². The molecule has 1 aromatic heterocycles. The molecule has 2 N–H and O–H groups in total. The van der Waals surface area contributed by atoms with Gasteiger partial charge in [0.2, 0.25) is 0 Å². The Hall–Kier alpha value is -1.01. The summed E-state index contributed by atoms with van der Waals surface area (Å²) in [5.74, 6) is -0.196. The predicted octanol–water partition coefficient (Wildman–Crippen LogP) is 1.21. The smallest absolute Gasteiger partial charge is 0.358 e. The Morgan fingerprint density at radius 1 is 1.75 bits per heavy atom. The molecule has 0 bridgehead atoms. The van der Waals surface area contributed by atoms with Crippen molar-refractivity contribution < 1.29 is 4.92 Å². The van der Waals surface area contributed by atoms with Crippen LogP contribution < -0.4 is 5.73 Å². The van der Waals surface area contributed by atoms with Crippen molar-refractivity contribution in [2.24, 2.45) is 5.73 Å². The van der Waals surface area contributed by atoms with Crippen molar-refractivity contribution in [1.29, 1.82) is 0 Å². The fourth-order valence-electron chi connectivity index (χ4n) is 0.756. The van der Waals surface area contributed by atoms with E-state index in [9.17, 15) is 10.1 Å². The van der Waals surface area contributed by atoms with Crippen molar-refractivity contribution in [3.05, 3.63) is 32.4 Å². The Labute approximate surface area is 76.9 Å². The summed E-state index contributed by atoms with van der Waals surface area (Å²) in [6, 6.07) is 1.64. The van der Waals surface area contributed by atoms with Crippen LogP contribution in [-0.2, 0) is 6.54 Å². The van der Waals surface area contributed by atoms with E-state index in [1.807, 2.05) is 0 Å². The molecule has 1 aromatic rings. The number of nitrogens with two attached hydrogens (primary N) is 1. The van der Waals surface area contributed by atoms with E-state index in [0.717, 1.165) is 0 Å². The summed E-state index contributed by atoms with van der Waals surface area (Å²) in [7, 11) is 0. The molecule has 0 atom stereocenters. The first-order chi connectivity index (χ1) is 5.66. The Bertz CT molecular complexity index is 316. The van der Waals surface area contributed by atoms with Crippen molar-refractivity contribution in [3.63, 3.8) is 0 Å². The third-order valence-electron chi connectivity index (χ3n) is 1.34. The third-order valence-corrected chi connectivity index (χ3v) is 2.21. The van der Waals surface area contributed by atoms with Gasteiger partial charge in [0.15, 0.2) is 0 Å². The normalized spacial score (nSPS) is 9.83. The lowest BCUT2D eigenvalue weighted by Gasteiger charge is -1.99. The van der Waals surface area contributed by atoms with E-state index < -0.39 is 4.92 Å². The zero-order chi connectivity index (χ0) is 9.14. The van der Waals surface area contributed by atoms with Crippen LogP contribution in [0.25, 0.3) is 0 Å². The van der Waals surface area contributed by atoms with Crippen molar-refractivity contribution in [2.75, 3.05) is 0 Å². The van der Waals surface area contributed by atoms with Gasteiger partial charge in [-0.2, -0.15) is 0 Å². The van der Waals surface area contributed by atoms with Crippen LogP contribution in [0, 0.1) is 10.1 Å². The predicted molar refractivity (Wildman–Crippen MR) is 46.5 cm³/mol. The highest BCUT2D eigenvalue weighted by Crippen LogP contribution is 2.25. The van der Waals surface area contributed by atoms with Crippen molar-refractivity contribution in [2.45, 2.75) is 6.54 Å². The number of nitrogens with zero attached hydrogens (tertiary/aromatic N) is 2. The zero-order valence-corrected chi connectivity index (χ0v) is 7.61. The highest BCUT2D eigenvalue weighted by Gasteiger charge is 2.15. The minimum Gasteiger partial charge on any atom is -0.358 e. The molecular formula is C6H6BrN3O2. The molecule has 6 heteroatoms. The number of hydrogen-bond donors (Lipinski definition) is 1. The molecule has 64 valence electrons. The van der Waals surface area contributed by atoms with Crippen LogP contribution in [0.2, 0.25) is 0 Å². The topological polar surface area (TPSA) is 82.0 Å². The maximum absolute atomic E-state index is 10.4. The second-order valence-corrected chi connectivity index (χ2v) is 2.86. The quantitative estimate of drug-likeness (QED) is 0.613. The minimum absolute atomic E-state index is 0.196. The van der Waals surface area contributed by atoms with Gasteiger partial charge in [-0.25, -0.2) is 0 Å². The minimum atomic E-state index is -0.552. The summed E-state index contributed by atoms with van der Waals surface area (Å²) in [5.41, 5.74) is 6.02. The van der Waals surface area contributed by atoms with Crippen molar-refractivity contribution in [1.82, 2.24) is 4.98 Å². The van der Waals surface area contributed by atoms with Gasteiger partial charge in [-0.15, -0.1) is 0 Å². The van der Waals surface area contributed by atoms with E-state index in [-0.39, 0.29) is 12.4 Å². The maximum atomic E-state index is 10.4. The van der Waals surface area contributed by atoms with E-state index in [1.54, 1.807) is 6.07 Å². The zero-order valence-electron chi connectivity index (χ0n) is 6.03. The van der Waals surface area contributed by atoms with Gasteiger partial charge in [-0.05, 0) is 37.5 Å². The van der Waals surface area contributed by atoms with Gasteiger partial charge in [0.25, 0.3) is 0 Å². The lowest BCUT2D eigenvalue weighted by atomic mass is 10.3. The lowest BCUT2D eigenvalue weighted by Crippen LogP contribution is -2.01. The van der Waals surface area contributed by atoms with Crippen LogP contribution >= 0.6 is 15.9 Å². The van der Waals surface area contributed by atoms with Gasteiger partial charge in [-0.3, -0.25) is 0 Å². The van der Waals surface area contributed by atoms with Gasteiger partial charge in [0.1, 0.15) is 10.7 Å². The Morgan fingerprint density at radius 3 is 2.92 bits per heavy atom. The molecule has 1 heterocycles. The summed E-state index contributed by atoms with van der Waals surface area (Å²) < 4.78 is 0.359. The maximum Gasteiger partial charge on any atom is 0.378 e. The monoisotopic (exact) mass is 231 g/mol. The highest BCUT2D eigenvalue weighted by molar-refractivity contribution is 9.10. The first kappa shape index (κ1) is 9.08. The molecular weight excluding hydrogens is 226 g/mol. The number of rotatable bonds is 2. The van der Waals surface area contributed by atoms with Crippen LogP contribution in [-0.4, -0.2) is 9.91 Å². The van der Waals surface area contributed by atoms with Gasteiger partial charge >= 0.3 is 5.82 Å². The molecule has 0 amide bonds. The summed E-state index contributed by atoms with van der Waals surface area (Å²) in [6.07, 6.45) is 1.37. The summed E-state index contributed by atoms with van der Waals surface area (Å²) in [5, 5.41) is 10.4. The Morgan fingerprint density at radius 2 is 2.42 bits per heavy atom. The largest absolute Gasteiger partial charge is 0.378 e. The molecule has 0 saturated heterocycles. The second-order valence-electron chi connectivity index (χ2n) is 2.07. The first-order valence-electron chi connectivity index (χ1n) is 3.14. The van der Waals surface area contributed by atoms with Gasteiger partial charge in [-0.1, -0.05) is 0 Å². The van der Waals surface area contributed by atoms with Crippen LogP contribution in [0.4, 0.5) is 5.82 Å². The van der Waals surface area contributed by atoms with Crippen LogP contribution in [0.15, 0.2) is 16.7 Å². The number of pyridine rings is 1. The summed E-state index contributed by atoms with van der Waals surface area (Å²) >= 11 is 3.06. The van der Waals surface area contributed by atoms with Gasteiger partial charge < -0.3 is 15.8 Å². The average molecular weight is 232 g/mol. The Balaban J connectivity index is 3.23. The molecule has 5 nitrogen and oxygen atoms in total. The van der Waals surface area contributed by atoms with E-state index in [4.69, 9.17) is 5.73 Å². The Kier molecular flexibility index (Phi) is 2.72. The van der Waals surface area contributed by atoms with E-state index in [1.165, 1.54) is 6.20 Å². The summed E-state index contributed by atoms with van der Waals surface area (Å²) in [6.45, 7) is 0.254. The molecule has 0 aromatic carbocycles. The summed E-state index contributed by atoms with van der Waals surface area (Å²) in [4.78, 5) is 13.4. The van der Waals surface area contributed by atoms with Crippen LogP contribution in [0.5, 0.6) is 0 Å². The van der Waals surface area contributed by atoms with E-state index in [0.29, 0.717) is 10.0 Å². The molecule has 0 spiro atoms. The molecule has 0 aliphatic rings. The van der Waals surface area contributed by atoms with Crippen molar-refractivity contribution in [3.8, 4) is 0 Å². The second kappa shape index (κ2) is 3.59. The van der Waals surface area contributed by atoms with E-state index in [2.05, 4.69) is 20.9 Å². The fourth-order valence-corrected chi connectivity index (χ4v) is 1.30. The number of hydrogen-bond acceptors (Lipinski definition) is 4. The highest BCUT2D eigenvalue weighted by atomic mass is 79.9. The average Bonchev–Trinajstić information content (AvgIpc) is 2.04. The molecule has 0 fully saturated rings. The standard InChI is InChI=1S/C6H6BrN3O2/c7-5-4(3-8)1-2-9-6(5)10(11)12/h1-2H,3,8H2. The number of halogens is 1. The molecule has 0 saturated carbocycles. The van der Waals surface area contributed by atoms with Crippen LogP contribution in [0.3, 0.4) is 0 Å². The lowest BCUT2D eigenvalue weighted by molar-refractivity contribution is -0.390. The third kappa shape index (κ3) is 1.59. The molecule has 1 rings (SSSR count). The molecule has 0 radical (unpaired) electrons. The SMILES string of the molecule is NCc1ccnc([N+](=O)[O-])c1Br. The first-order valence-corrected chi connectivity index (χ1v) is 3.94. The number of aromatic nitrogens is 1.